The van der Waals surface area contributed by atoms with Crippen molar-refractivity contribution < 1.29 is 10.2 Å². The molecule has 0 spiro atoms. The van der Waals surface area contributed by atoms with Crippen LogP contribution in [0.1, 0.15) is 50.8 Å². The minimum Gasteiger partial charge on any atom is -0.504 e. The molecule has 5 nitrogen and oxygen atoms in total. The molecule has 24 heavy (non-hydrogen) atoms. The van der Waals surface area contributed by atoms with Crippen LogP contribution in [0.5, 0.6) is 11.5 Å². The number of benzene rings is 1. The van der Waals surface area contributed by atoms with E-state index in [4.69, 9.17) is 0 Å². The summed E-state index contributed by atoms with van der Waals surface area (Å²) >= 11 is 0. The third-order valence-electron chi connectivity index (χ3n) is 4.81. The number of phenolic OH excluding ortho intramolecular Hbond substituents is 2. The molecule has 2 aromatic rings. The van der Waals surface area contributed by atoms with Gasteiger partial charge >= 0.3 is 0 Å². The Hall–Kier alpha value is -2.01. The zero-order valence-electron chi connectivity index (χ0n) is 14.7. The van der Waals surface area contributed by atoms with Crippen molar-refractivity contribution in [2.75, 3.05) is 13.1 Å². The van der Waals surface area contributed by atoms with Crippen LogP contribution in [0.15, 0.2) is 30.6 Å². The van der Waals surface area contributed by atoms with E-state index in [1.807, 2.05) is 29.2 Å². The number of hydrogen-bond donors (Lipinski definition) is 2. The first-order valence-electron chi connectivity index (χ1n) is 8.61. The maximum Gasteiger partial charge on any atom is 0.162 e. The molecule has 3 rings (SSSR count). The molecule has 1 aliphatic rings. The van der Waals surface area contributed by atoms with Gasteiger partial charge in [-0.05, 0) is 42.5 Å². The van der Waals surface area contributed by atoms with Crippen molar-refractivity contribution in [3.8, 4) is 11.5 Å². The summed E-state index contributed by atoms with van der Waals surface area (Å²) in [5.41, 5.74) is 1.76. The fourth-order valence-electron chi connectivity index (χ4n) is 3.36. The van der Waals surface area contributed by atoms with Crippen LogP contribution in [0.2, 0.25) is 0 Å². The number of hydrogen-bond acceptors (Lipinski definition) is 4. The van der Waals surface area contributed by atoms with Crippen molar-refractivity contribution in [1.82, 2.24) is 14.7 Å². The van der Waals surface area contributed by atoms with Gasteiger partial charge in [-0.1, -0.05) is 26.8 Å². The van der Waals surface area contributed by atoms with Gasteiger partial charge in [-0.15, -0.1) is 0 Å². The van der Waals surface area contributed by atoms with E-state index in [2.05, 4.69) is 30.8 Å². The predicted molar refractivity (Wildman–Crippen MR) is 94.2 cm³/mol. The highest BCUT2D eigenvalue weighted by Crippen LogP contribution is 2.36. The second-order valence-corrected chi connectivity index (χ2v) is 7.77. The highest BCUT2D eigenvalue weighted by Gasteiger charge is 2.24. The van der Waals surface area contributed by atoms with Gasteiger partial charge in [0.1, 0.15) is 0 Å². The van der Waals surface area contributed by atoms with Crippen LogP contribution >= 0.6 is 0 Å². The summed E-state index contributed by atoms with van der Waals surface area (Å²) in [5, 5.41) is 24.7. The van der Waals surface area contributed by atoms with Gasteiger partial charge in [0, 0.05) is 31.0 Å². The van der Waals surface area contributed by atoms with E-state index in [-0.39, 0.29) is 16.9 Å². The molecule has 0 bridgehead atoms. The lowest BCUT2D eigenvalue weighted by atomic mass is 9.85. The van der Waals surface area contributed by atoms with E-state index in [0.717, 1.165) is 37.1 Å². The number of aromatic hydroxyl groups is 2. The van der Waals surface area contributed by atoms with E-state index in [9.17, 15) is 10.2 Å². The van der Waals surface area contributed by atoms with Crippen LogP contribution in [0.4, 0.5) is 0 Å². The molecule has 1 aromatic heterocycles. The molecule has 2 N–H and O–H groups in total. The Morgan fingerprint density at radius 1 is 1.25 bits per heavy atom. The molecule has 1 aliphatic heterocycles. The Bertz CT molecular complexity index is 689. The second-order valence-electron chi connectivity index (χ2n) is 7.77. The summed E-state index contributed by atoms with van der Waals surface area (Å²) in [6, 6.07) is 6.01. The second kappa shape index (κ2) is 6.48. The number of rotatable bonds is 3. The molecule has 1 aromatic carbocycles. The highest BCUT2D eigenvalue weighted by atomic mass is 16.3. The molecule has 2 heterocycles. The zero-order valence-corrected chi connectivity index (χ0v) is 14.7. The smallest absolute Gasteiger partial charge is 0.162 e. The molecule has 1 atom stereocenters. The largest absolute Gasteiger partial charge is 0.504 e. The van der Waals surface area contributed by atoms with Crippen LogP contribution < -0.4 is 0 Å². The first-order valence-corrected chi connectivity index (χ1v) is 8.61. The zero-order chi connectivity index (χ0) is 17.3. The molecule has 5 heteroatoms. The van der Waals surface area contributed by atoms with Gasteiger partial charge in [0.25, 0.3) is 0 Å². The third-order valence-corrected chi connectivity index (χ3v) is 4.81. The lowest BCUT2D eigenvalue weighted by Gasteiger charge is -2.33. The van der Waals surface area contributed by atoms with Gasteiger partial charge in [0.05, 0.1) is 6.04 Å². The van der Waals surface area contributed by atoms with E-state index >= 15 is 0 Å². The standard InChI is InChI=1S/C19H27N3O2/c1-19(2,3)15-10-14(18(24)17(23)11-15)12-21-8-4-6-16(13-21)22-9-5-7-20-22/h5,7,9-11,16,23-24H,4,6,8,12-13H2,1-3H3. The van der Waals surface area contributed by atoms with Crippen molar-refractivity contribution >= 4 is 0 Å². The number of piperidine rings is 1. The van der Waals surface area contributed by atoms with Gasteiger partial charge < -0.3 is 10.2 Å². The fraction of sp³-hybridized carbons (Fsp3) is 0.526. The van der Waals surface area contributed by atoms with Crippen molar-refractivity contribution in [1.29, 1.82) is 0 Å². The molecule has 0 radical (unpaired) electrons. The summed E-state index contributed by atoms with van der Waals surface area (Å²) in [6.07, 6.45) is 6.06. The van der Waals surface area contributed by atoms with E-state index < -0.39 is 0 Å². The van der Waals surface area contributed by atoms with Gasteiger partial charge in [-0.25, -0.2) is 0 Å². The first kappa shape index (κ1) is 16.8. The Morgan fingerprint density at radius 2 is 2.04 bits per heavy atom. The molecule has 0 amide bonds. The van der Waals surface area contributed by atoms with Crippen molar-refractivity contribution in [2.24, 2.45) is 0 Å². The Labute approximate surface area is 143 Å². The number of nitrogens with zero attached hydrogens (tertiary/aromatic N) is 3. The summed E-state index contributed by atoms with van der Waals surface area (Å²) in [7, 11) is 0. The molecule has 130 valence electrons. The topological polar surface area (TPSA) is 61.5 Å². The van der Waals surface area contributed by atoms with Crippen LogP contribution in [-0.4, -0.2) is 38.0 Å². The lowest BCUT2D eigenvalue weighted by molar-refractivity contribution is 0.161. The lowest BCUT2D eigenvalue weighted by Crippen LogP contribution is -2.36. The van der Waals surface area contributed by atoms with Crippen molar-refractivity contribution in [3.63, 3.8) is 0 Å². The van der Waals surface area contributed by atoms with Crippen molar-refractivity contribution in [3.05, 3.63) is 41.7 Å². The average molecular weight is 329 g/mol. The summed E-state index contributed by atoms with van der Waals surface area (Å²) in [4.78, 5) is 2.33. The fourth-order valence-corrected chi connectivity index (χ4v) is 3.36. The first-order chi connectivity index (χ1) is 11.3. The average Bonchev–Trinajstić information content (AvgIpc) is 3.05. The van der Waals surface area contributed by atoms with Crippen LogP contribution in [0, 0.1) is 0 Å². The monoisotopic (exact) mass is 329 g/mol. The molecule has 1 unspecified atom stereocenters. The summed E-state index contributed by atoms with van der Waals surface area (Å²) < 4.78 is 2.02. The van der Waals surface area contributed by atoms with Gasteiger partial charge in [0.15, 0.2) is 11.5 Å². The molecular formula is C19H27N3O2. The molecule has 1 saturated heterocycles. The highest BCUT2D eigenvalue weighted by molar-refractivity contribution is 5.49. The number of likely N-dealkylation sites (tertiary alicyclic amines) is 1. The quantitative estimate of drug-likeness (QED) is 0.847. The van der Waals surface area contributed by atoms with E-state index in [1.54, 1.807) is 6.07 Å². The number of phenols is 2. The number of aromatic nitrogens is 2. The Kier molecular flexibility index (Phi) is 4.54. The minimum atomic E-state index is -0.0700. The van der Waals surface area contributed by atoms with E-state index in [1.165, 1.54) is 0 Å². The maximum absolute atomic E-state index is 10.3. The van der Waals surface area contributed by atoms with Gasteiger partial charge in [-0.3, -0.25) is 9.58 Å². The van der Waals surface area contributed by atoms with Gasteiger partial charge in [0.2, 0.25) is 0 Å². The normalized spacial score (nSPS) is 19.5. The third kappa shape index (κ3) is 3.56. The van der Waals surface area contributed by atoms with Crippen LogP contribution in [-0.2, 0) is 12.0 Å². The Balaban J connectivity index is 1.79. The van der Waals surface area contributed by atoms with Gasteiger partial charge in [-0.2, -0.15) is 5.10 Å². The maximum atomic E-state index is 10.3. The molecule has 0 saturated carbocycles. The van der Waals surface area contributed by atoms with Crippen molar-refractivity contribution in [2.45, 2.75) is 51.6 Å². The molecule has 0 aliphatic carbocycles. The Morgan fingerprint density at radius 3 is 2.71 bits per heavy atom. The van der Waals surface area contributed by atoms with E-state index in [0.29, 0.717) is 12.6 Å². The van der Waals surface area contributed by atoms with Crippen LogP contribution in [0.3, 0.4) is 0 Å². The minimum absolute atomic E-state index is 0.00390. The van der Waals surface area contributed by atoms with Crippen LogP contribution in [0.25, 0.3) is 0 Å². The summed E-state index contributed by atoms with van der Waals surface area (Å²) in [6.45, 7) is 8.87. The predicted octanol–water partition coefficient (Wildman–Crippen LogP) is 3.43. The SMILES string of the molecule is CC(C)(C)c1cc(O)c(O)c(CN2CCCC(n3cccn3)C2)c1. The summed E-state index contributed by atoms with van der Waals surface area (Å²) in [5.74, 6) is -0.0257. The molecule has 1 fully saturated rings. The molecular weight excluding hydrogens is 302 g/mol.